The van der Waals surface area contributed by atoms with E-state index in [9.17, 15) is 0 Å². The average Bonchev–Trinajstić information content (AvgIpc) is 2.56. The summed E-state index contributed by atoms with van der Waals surface area (Å²) in [5.74, 6) is 0. The van der Waals surface area contributed by atoms with Gasteiger partial charge in [-0.05, 0) is 87.1 Å². The van der Waals surface area contributed by atoms with Crippen molar-refractivity contribution in [2.24, 2.45) is 0 Å². The molecule has 0 amide bonds. The predicted octanol–water partition coefficient (Wildman–Crippen LogP) is 7.25. The molecule has 0 spiro atoms. The summed E-state index contributed by atoms with van der Waals surface area (Å²) in [5.41, 5.74) is 5.81. The lowest BCUT2D eigenvalue weighted by molar-refractivity contribution is 0.748. The van der Waals surface area contributed by atoms with Gasteiger partial charge in [0.1, 0.15) is 0 Å². The minimum atomic E-state index is 1.12. The summed E-state index contributed by atoms with van der Waals surface area (Å²) in [6, 6.07) is 9.53. The Bertz CT molecular complexity index is 629. The third kappa shape index (κ3) is 5.09. The van der Waals surface area contributed by atoms with E-state index in [1.165, 1.54) is 71.6 Å². The number of benzene rings is 2. The van der Waals surface area contributed by atoms with Gasteiger partial charge in [0, 0.05) is 0 Å². The second-order valence-electron chi connectivity index (χ2n) is 7.01. The van der Waals surface area contributed by atoms with Crippen LogP contribution < -0.4 is 0 Å². The van der Waals surface area contributed by atoms with E-state index in [1.54, 1.807) is 0 Å². The maximum absolute atomic E-state index is 3.83. The van der Waals surface area contributed by atoms with Gasteiger partial charge in [0.05, 0.1) is 0 Å². The zero-order valence-corrected chi connectivity index (χ0v) is 15.5. The third-order valence-electron chi connectivity index (χ3n) is 4.74. The molecule has 0 aliphatic rings. The molecule has 0 bridgehead atoms. The van der Waals surface area contributed by atoms with Gasteiger partial charge in [-0.1, -0.05) is 47.5 Å². The minimum Gasteiger partial charge on any atom is -0.103 e. The van der Waals surface area contributed by atoms with Gasteiger partial charge < -0.3 is 0 Å². The highest BCUT2D eigenvalue weighted by molar-refractivity contribution is 5.90. The molecule has 0 radical (unpaired) electrons. The molecule has 0 atom stereocenters. The van der Waals surface area contributed by atoms with E-state index >= 15 is 0 Å². The van der Waals surface area contributed by atoms with Crippen molar-refractivity contribution in [1.29, 1.82) is 0 Å². The molecule has 0 heterocycles. The molecule has 0 unspecified atom stereocenters. The van der Waals surface area contributed by atoms with Gasteiger partial charge >= 0.3 is 0 Å². The van der Waals surface area contributed by atoms with Gasteiger partial charge in [-0.25, -0.2) is 0 Å². The first-order valence-electron chi connectivity index (χ1n) is 9.40. The summed E-state index contributed by atoms with van der Waals surface area (Å²) < 4.78 is 0. The first-order valence-corrected chi connectivity index (χ1v) is 9.40. The van der Waals surface area contributed by atoms with Crippen LogP contribution >= 0.6 is 0 Å². The molecule has 0 aliphatic heterocycles. The SMILES string of the molecule is C=CCCCCc1cc(C)cc2c(CCCCC=C)cc(C)cc12. The fourth-order valence-electron chi connectivity index (χ4n) is 3.55. The molecule has 0 fully saturated rings. The van der Waals surface area contributed by atoms with E-state index in [1.807, 2.05) is 12.2 Å². The Kier molecular flexibility index (Phi) is 7.31. The average molecular weight is 321 g/mol. The molecular formula is C24H32. The maximum atomic E-state index is 3.83. The summed E-state index contributed by atoms with van der Waals surface area (Å²) >= 11 is 0. The Hall–Kier alpha value is -1.82. The number of hydrogen-bond acceptors (Lipinski definition) is 0. The van der Waals surface area contributed by atoms with Crippen LogP contribution in [0.15, 0.2) is 49.6 Å². The lowest BCUT2D eigenvalue weighted by Gasteiger charge is -2.14. The first kappa shape index (κ1) is 18.5. The fraction of sp³-hybridized carbons (Fsp3) is 0.417. The molecular weight excluding hydrogens is 288 g/mol. The van der Waals surface area contributed by atoms with E-state index in [0.29, 0.717) is 0 Å². The third-order valence-corrected chi connectivity index (χ3v) is 4.74. The lowest BCUT2D eigenvalue weighted by atomic mass is 9.91. The molecule has 0 saturated carbocycles. The maximum Gasteiger partial charge on any atom is -0.0146 e. The Morgan fingerprint density at radius 1 is 0.667 bits per heavy atom. The first-order chi connectivity index (χ1) is 11.7. The molecule has 0 N–H and O–H groups in total. The summed E-state index contributed by atoms with van der Waals surface area (Å²) in [6.45, 7) is 12.1. The number of fused-ring (bicyclic) bond motifs is 1. The normalized spacial score (nSPS) is 10.9. The zero-order valence-electron chi connectivity index (χ0n) is 15.5. The molecule has 0 heteroatoms. The van der Waals surface area contributed by atoms with Crippen LogP contribution in [0.5, 0.6) is 0 Å². The summed E-state index contributed by atoms with van der Waals surface area (Å²) in [4.78, 5) is 0. The van der Waals surface area contributed by atoms with Gasteiger partial charge in [-0.2, -0.15) is 0 Å². The van der Waals surface area contributed by atoms with Crippen LogP contribution in [0.1, 0.15) is 60.8 Å². The summed E-state index contributed by atoms with van der Waals surface area (Å²) in [5, 5.41) is 2.94. The van der Waals surface area contributed by atoms with Crippen LogP contribution in [0.2, 0.25) is 0 Å². The van der Waals surface area contributed by atoms with Crippen molar-refractivity contribution in [3.8, 4) is 0 Å². The van der Waals surface area contributed by atoms with Crippen molar-refractivity contribution in [3.63, 3.8) is 0 Å². The van der Waals surface area contributed by atoms with E-state index in [2.05, 4.69) is 51.3 Å². The second kappa shape index (κ2) is 9.47. The van der Waals surface area contributed by atoms with Crippen molar-refractivity contribution in [2.75, 3.05) is 0 Å². The van der Waals surface area contributed by atoms with Crippen LogP contribution in [0.4, 0.5) is 0 Å². The Morgan fingerprint density at radius 3 is 1.46 bits per heavy atom. The van der Waals surface area contributed by atoms with Crippen molar-refractivity contribution in [3.05, 3.63) is 71.8 Å². The smallest absolute Gasteiger partial charge is 0.0146 e. The monoisotopic (exact) mass is 320 g/mol. The van der Waals surface area contributed by atoms with Crippen LogP contribution in [0, 0.1) is 13.8 Å². The van der Waals surface area contributed by atoms with Crippen molar-refractivity contribution in [1.82, 2.24) is 0 Å². The van der Waals surface area contributed by atoms with Gasteiger partial charge in [0.2, 0.25) is 0 Å². The highest BCUT2D eigenvalue weighted by Crippen LogP contribution is 2.28. The molecule has 2 rings (SSSR count). The predicted molar refractivity (Wildman–Crippen MR) is 109 cm³/mol. The number of hydrogen-bond donors (Lipinski definition) is 0. The fourth-order valence-corrected chi connectivity index (χ4v) is 3.55. The van der Waals surface area contributed by atoms with Gasteiger partial charge in [0.25, 0.3) is 0 Å². The van der Waals surface area contributed by atoms with E-state index in [4.69, 9.17) is 0 Å². The van der Waals surface area contributed by atoms with E-state index in [-0.39, 0.29) is 0 Å². The van der Waals surface area contributed by atoms with E-state index in [0.717, 1.165) is 12.8 Å². The minimum absolute atomic E-state index is 1.12. The van der Waals surface area contributed by atoms with Gasteiger partial charge in [-0.3, -0.25) is 0 Å². The molecule has 2 aromatic rings. The number of rotatable bonds is 10. The van der Waals surface area contributed by atoms with Crippen molar-refractivity contribution >= 4 is 10.8 Å². The molecule has 128 valence electrons. The molecule has 0 aliphatic carbocycles. The highest BCUT2D eigenvalue weighted by atomic mass is 14.1. The molecule has 0 nitrogen and oxygen atoms in total. The quantitative estimate of drug-likeness (QED) is 0.319. The van der Waals surface area contributed by atoms with Crippen molar-refractivity contribution < 1.29 is 0 Å². The number of aryl methyl sites for hydroxylation is 4. The van der Waals surface area contributed by atoms with Gasteiger partial charge in [-0.15, -0.1) is 13.2 Å². The van der Waals surface area contributed by atoms with Crippen molar-refractivity contribution in [2.45, 2.75) is 65.2 Å². The largest absolute Gasteiger partial charge is 0.103 e. The second-order valence-corrected chi connectivity index (χ2v) is 7.01. The molecule has 24 heavy (non-hydrogen) atoms. The zero-order chi connectivity index (χ0) is 17.4. The molecule has 0 aromatic heterocycles. The Labute approximate surface area is 148 Å². The topological polar surface area (TPSA) is 0 Å². The van der Waals surface area contributed by atoms with Crippen LogP contribution in [-0.2, 0) is 12.8 Å². The number of unbranched alkanes of at least 4 members (excludes halogenated alkanes) is 4. The summed E-state index contributed by atoms with van der Waals surface area (Å²) in [6.07, 6.45) is 13.6. The lowest BCUT2D eigenvalue weighted by Crippen LogP contribution is -1.95. The standard InChI is InChI=1S/C24H32/c1-5-7-9-11-13-21-15-19(3)18-24-22(14-12-10-8-6-2)16-20(4)17-23(21)24/h5-6,15-18H,1-2,7-14H2,3-4H3. The van der Waals surface area contributed by atoms with Gasteiger partial charge in [0.15, 0.2) is 0 Å². The molecule has 2 aromatic carbocycles. The summed E-state index contributed by atoms with van der Waals surface area (Å²) in [7, 11) is 0. The highest BCUT2D eigenvalue weighted by Gasteiger charge is 2.08. The van der Waals surface area contributed by atoms with E-state index < -0.39 is 0 Å². The molecule has 0 saturated heterocycles. The Morgan fingerprint density at radius 2 is 1.08 bits per heavy atom. The Balaban J connectivity index is 2.29. The number of allylic oxidation sites excluding steroid dienone is 2. The van der Waals surface area contributed by atoms with Crippen LogP contribution in [0.25, 0.3) is 10.8 Å². The van der Waals surface area contributed by atoms with Crippen LogP contribution in [0.3, 0.4) is 0 Å². The van der Waals surface area contributed by atoms with Crippen LogP contribution in [-0.4, -0.2) is 0 Å².